The van der Waals surface area contributed by atoms with Crippen LogP contribution in [-0.4, -0.2) is 28.1 Å². The summed E-state index contributed by atoms with van der Waals surface area (Å²) >= 11 is 6.62. The average Bonchev–Trinajstić information content (AvgIpc) is 2.86. The normalized spacial score (nSPS) is 11.3. The zero-order chi connectivity index (χ0) is 16.9. The van der Waals surface area contributed by atoms with Gasteiger partial charge in [-0.2, -0.15) is 0 Å². The summed E-state index contributed by atoms with van der Waals surface area (Å²) in [5, 5.41) is 4.23. The average molecular weight is 352 g/mol. The van der Waals surface area contributed by atoms with Crippen molar-refractivity contribution in [1.29, 1.82) is 0 Å². The van der Waals surface area contributed by atoms with E-state index in [-0.39, 0.29) is 18.1 Å². The molecular formula is C15H20N4O2S2. The number of nitrogens with zero attached hydrogens (tertiary/aromatic N) is 1. The third-order valence-electron chi connectivity index (χ3n) is 2.60. The van der Waals surface area contributed by atoms with Crippen molar-refractivity contribution >= 4 is 44.8 Å². The lowest BCUT2D eigenvalue weighted by Gasteiger charge is -2.23. The Kier molecular flexibility index (Phi) is 5.86. The molecule has 6 nitrogen and oxygen atoms in total. The van der Waals surface area contributed by atoms with Crippen LogP contribution in [0.2, 0.25) is 0 Å². The standard InChI is InChI=1S/C15H20N4O2S2/c1-15(2,3)17-14(22)19-18-12(20)8-21-9-13-16-10-6-4-5-7-11(10)23-13/h4-7H,8-9H2,1-3H3,(H,18,20)(H2,17,19,22). The number of hydrogen-bond acceptors (Lipinski definition) is 5. The van der Waals surface area contributed by atoms with Crippen molar-refractivity contribution in [3.05, 3.63) is 29.3 Å². The lowest BCUT2D eigenvalue weighted by atomic mass is 10.1. The highest BCUT2D eigenvalue weighted by molar-refractivity contribution is 7.80. The first-order valence-electron chi connectivity index (χ1n) is 7.13. The van der Waals surface area contributed by atoms with Gasteiger partial charge in [0.2, 0.25) is 0 Å². The van der Waals surface area contributed by atoms with Gasteiger partial charge in [-0.1, -0.05) is 12.1 Å². The van der Waals surface area contributed by atoms with Crippen LogP contribution in [0.1, 0.15) is 25.8 Å². The number of benzene rings is 1. The number of rotatable bonds is 4. The quantitative estimate of drug-likeness (QED) is 0.578. The second-order valence-corrected chi connectivity index (χ2v) is 7.47. The number of hydrazine groups is 1. The third-order valence-corrected chi connectivity index (χ3v) is 3.81. The van der Waals surface area contributed by atoms with E-state index in [1.165, 1.54) is 0 Å². The van der Waals surface area contributed by atoms with Crippen molar-refractivity contribution in [2.45, 2.75) is 32.9 Å². The molecule has 2 rings (SSSR count). The first-order chi connectivity index (χ1) is 10.8. The van der Waals surface area contributed by atoms with Gasteiger partial charge in [0.1, 0.15) is 11.6 Å². The highest BCUT2D eigenvalue weighted by Gasteiger charge is 2.11. The molecular weight excluding hydrogens is 332 g/mol. The van der Waals surface area contributed by atoms with E-state index in [0.29, 0.717) is 11.7 Å². The van der Waals surface area contributed by atoms with E-state index in [0.717, 1.165) is 15.2 Å². The molecule has 8 heteroatoms. The monoisotopic (exact) mass is 352 g/mol. The van der Waals surface area contributed by atoms with Gasteiger partial charge in [0.05, 0.1) is 16.8 Å². The lowest BCUT2D eigenvalue weighted by molar-refractivity contribution is -0.126. The van der Waals surface area contributed by atoms with E-state index in [4.69, 9.17) is 17.0 Å². The van der Waals surface area contributed by atoms with Crippen LogP contribution in [0.15, 0.2) is 24.3 Å². The summed E-state index contributed by atoms with van der Waals surface area (Å²) < 4.78 is 6.48. The predicted octanol–water partition coefficient (Wildman–Crippen LogP) is 2.11. The number of ether oxygens (including phenoxy) is 1. The fraction of sp³-hybridized carbons (Fsp3) is 0.400. The first kappa shape index (κ1) is 17.6. The Hall–Kier alpha value is -1.77. The van der Waals surface area contributed by atoms with Gasteiger partial charge in [-0.05, 0) is 45.1 Å². The van der Waals surface area contributed by atoms with Gasteiger partial charge in [-0.3, -0.25) is 15.6 Å². The van der Waals surface area contributed by atoms with Gasteiger partial charge in [0.25, 0.3) is 5.91 Å². The van der Waals surface area contributed by atoms with Crippen LogP contribution in [0.4, 0.5) is 0 Å². The number of aromatic nitrogens is 1. The molecule has 1 aromatic carbocycles. The van der Waals surface area contributed by atoms with Crippen molar-refractivity contribution in [2.24, 2.45) is 0 Å². The molecule has 0 unspecified atom stereocenters. The number of fused-ring (bicyclic) bond motifs is 1. The molecule has 124 valence electrons. The molecule has 0 aliphatic carbocycles. The van der Waals surface area contributed by atoms with Gasteiger partial charge in [0.15, 0.2) is 5.11 Å². The number of para-hydroxylation sites is 1. The van der Waals surface area contributed by atoms with E-state index < -0.39 is 0 Å². The Morgan fingerprint density at radius 3 is 2.74 bits per heavy atom. The van der Waals surface area contributed by atoms with Gasteiger partial charge < -0.3 is 10.1 Å². The fourth-order valence-corrected chi connectivity index (χ4v) is 3.01. The van der Waals surface area contributed by atoms with Crippen LogP contribution in [0.25, 0.3) is 10.2 Å². The van der Waals surface area contributed by atoms with E-state index in [9.17, 15) is 4.79 Å². The Balaban J connectivity index is 1.69. The molecule has 1 aromatic heterocycles. The third kappa shape index (κ3) is 6.09. The molecule has 0 saturated carbocycles. The van der Waals surface area contributed by atoms with Gasteiger partial charge in [0, 0.05) is 5.54 Å². The number of carbonyl (C=O) groups is 1. The molecule has 0 aliphatic rings. The molecule has 0 bridgehead atoms. The molecule has 2 aromatic rings. The Labute approximate surface area is 144 Å². The highest BCUT2D eigenvalue weighted by Crippen LogP contribution is 2.21. The Morgan fingerprint density at radius 1 is 1.30 bits per heavy atom. The second-order valence-electron chi connectivity index (χ2n) is 5.95. The smallest absolute Gasteiger partial charge is 0.264 e. The van der Waals surface area contributed by atoms with Crippen LogP contribution in [0.3, 0.4) is 0 Å². The summed E-state index contributed by atoms with van der Waals surface area (Å²) in [4.78, 5) is 16.1. The maximum atomic E-state index is 11.7. The lowest BCUT2D eigenvalue weighted by Crippen LogP contribution is -2.52. The van der Waals surface area contributed by atoms with Crippen molar-refractivity contribution in [1.82, 2.24) is 21.2 Å². The molecule has 1 amide bonds. The summed E-state index contributed by atoms with van der Waals surface area (Å²) in [5.41, 5.74) is 5.90. The van der Waals surface area contributed by atoms with E-state index in [1.54, 1.807) is 11.3 Å². The summed E-state index contributed by atoms with van der Waals surface area (Å²) in [6.07, 6.45) is 0. The summed E-state index contributed by atoms with van der Waals surface area (Å²) in [5.74, 6) is -0.302. The number of amides is 1. The number of thiocarbonyl (C=S) groups is 1. The number of thiazole rings is 1. The van der Waals surface area contributed by atoms with Gasteiger partial charge in [-0.15, -0.1) is 11.3 Å². The van der Waals surface area contributed by atoms with Gasteiger partial charge in [-0.25, -0.2) is 4.98 Å². The minimum atomic E-state index is -0.302. The van der Waals surface area contributed by atoms with Crippen LogP contribution < -0.4 is 16.2 Å². The van der Waals surface area contributed by atoms with Crippen molar-refractivity contribution in [2.75, 3.05) is 6.61 Å². The molecule has 1 heterocycles. The predicted molar refractivity (Wildman–Crippen MR) is 96.0 cm³/mol. The Bertz CT molecular complexity index is 661. The molecule has 0 aliphatic heterocycles. The molecule has 3 N–H and O–H groups in total. The number of hydrogen-bond donors (Lipinski definition) is 3. The molecule has 0 saturated heterocycles. The van der Waals surface area contributed by atoms with Crippen molar-refractivity contribution in [3.63, 3.8) is 0 Å². The van der Waals surface area contributed by atoms with Crippen LogP contribution in [0.5, 0.6) is 0 Å². The Morgan fingerprint density at radius 2 is 2.04 bits per heavy atom. The van der Waals surface area contributed by atoms with Gasteiger partial charge >= 0.3 is 0 Å². The molecule has 0 atom stereocenters. The molecule has 0 radical (unpaired) electrons. The van der Waals surface area contributed by atoms with Crippen LogP contribution >= 0.6 is 23.6 Å². The van der Waals surface area contributed by atoms with E-state index >= 15 is 0 Å². The molecule has 0 fully saturated rings. The van der Waals surface area contributed by atoms with Crippen molar-refractivity contribution < 1.29 is 9.53 Å². The SMILES string of the molecule is CC(C)(C)NC(=S)NNC(=O)COCc1nc2ccccc2s1. The zero-order valence-corrected chi connectivity index (χ0v) is 14.9. The fourth-order valence-electron chi connectivity index (χ4n) is 1.75. The van der Waals surface area contributed by atoms with Crippen LogP contribution in [0, 0.1) is 0 Å². The first-order valence-corrected chi connectivity index (χ1v) is 8.35. The topological polar surface area (TPSA) is 75.3 Å². The summed E-state index contributed by atoms with van der Waals surface area (Å²) in [6, 6.07) is 7.88. The highest BCUT2D eigenvalue weighted by atomic mass is 32.1. The van der Waals surface area contributed by atoms with Crippen molar-refractivity contribution in [3.8, 4) is 0 Å². The van der Waals surface area contributed by atoms with Crippen LogP contribution in [-0.2, 0) is 16.1 Å². The van der Waals surface area contributed by atoms with E-state index in [1.807, 2.05) is 45.0 Å². The summed E-state index contributed by atoms with van der Waals surface area (Å²) in [6.45, 7) is 6.16. The largest absolute Gasteiger partial charge is 0.364 e. The summed E-state index contributed by atoms with van der Waals surface area (Å²) in [7, 11) is 0. The number of nitrogens with one attached hydrogen (secondary N) is 3. The second kappa shape index (κ2) is 7.67. The maximum absolute atomic E-state index is 11.7. The molecule has 0 spiro atoms. The van der Waals surface area contributed by atoms with E-state index in [2.05, 4.69) is 21.2 Å². The zero-order valence-electron chi connectivity index (χ0n) is 13.3. The minimum absolute atomic E-state index is 0.0684. The maximum Gasteiger partial charge on any atom is 0.264 e. The minimum Gasteiger partial charge on any atom is -0.364 e. The number of carbonyl (C=O) groups excluding carboxylic acids is 1. The molecule has 23 heavy (non-hydrogen) atoms.